The molecule has 6 heteroatoms. The molecule has 1 saturated carbocycles. The minimum Gasteiger partial charge on any atom is -0.478 e. The number of anilines is 1. The van der Waals surface area contributed by atoms with Crippen molar-refractivity contribution < 1.29 is 19.5 Å². The first-order valence-corrected chi connectivity index (χ1v) is 7.61. The third-order valence-electron chi connectivity index (χ3n) is 4.39. The largest absolute Gasteiger partial charge is 0.478 e. The van der Waals surface area contributed by atoms with Crippen molar-refractivity contribution in [2.45, 2.75) is 26.2 Å². The maximum Gasteiger partial charge on any atom is 0.338 e. The number of hydrogen-bond donors (Lipinski definition) is 1. The maximum absolute atomic E-state index is 12.5. The number of carboxylic acid groups (broad SMARTS) is 1. The smallest absolute Gasteiger partial charge is 0.338 e. The van der Waals surface area contributed by atoms with Crippen molar-refractivity contribution in [1.29, 1.82) is 0 Å². The second kappa shape index (κ2) is 4.70. The number of hydrogen-bond acceptors (Lipinski definition) is 4. The molecule has 5 nitrogen and oxygen atoms in total. The second-order valence-electron chi connectivity index (χ2n) is 5.42. The Hall–Kier alpha value is -1.69. The van der Waals surface area contributed by atoms with Crippen LogP contribution >= 0.6 is 11.3 Å². The third kappa shape index (κ3) is 1.78. The molecule has 1 aliphatic heterocycles. The van der Waals surface area contributed by atoms with Gasteiger partial charge < -0.3 is 5.11 Å². The van der Waals surface area contributed by atoms with E-state index in [1.54, 1.807) is 5.38 Å². The molecule has 0 radical (unpaired) electrons. The molecule has 2 unspecified atom stereocenters. The Balaban J connectivity index is 1.94. The Morgan fingerprint density at radius 1 is 1.35 bits per heavy atom. The van der Waals surface area contributed by atoms with Crippen LogP contribution in [0.4, 0.5) is 5.00 Å². The van der Waals surface area contributed by atoms with Crippen molar-refractivity contribution in [1.82, 2.24) is 0 Å². The molecule has 106 valence electrons. The molecule has 0 spiro atoms. The van der Waals surface area contributed by atoms with E-state index in [0.717, 1.165) is 35.5 Å². The van der Waals surface area contributed by atoms with Gasteiger partial charge in [0.25, 0.3) is 0 Å². The number of nitrogens with zero attached hydrogens (tertiary/aromatic N) is 1. The van der Waals surface area contributed by atoms with Crippen LogP contribution in [0.15, 0.2) is 11.4 Å². The maximum atomic E-state index is 12.5. The summed E-state index contributed by atoms with van der Waals surface area (Å²) in [5.41, 5.74) is 0.0312. The van der Waals surface area contributed by atoms with Crippen LogP contribution in [0, 0.1) is 17.8 Å². The number of carboxylic acids is 1. The van der Waals surface area contributed by atoms with Gasteiger partial charge in [0, 0.05) is 0 Å². The molecule has 0 bridgehead atoms. The van der Waals surface area contributed by atoms with E-state index in [1.807, 2.05) is 0 Å². The van der Waals surface area contributed by atoms with Crippen molar-refractivity contribution in [3.05, 3.63) is 17.0 Å². The molecule has 2 heterocycles. The molecular formula is C14H15NO4S. The lowest BCUT2D eigenvalue weighted by Crippen LogP contribution is -2.32. The topological polar surface area (TPSA) is 74.7 Å². The molecule has 1 aromatic heterocycles. The average Bonchev–Trinajstić information content (AvgIpc) is 3.08. The van der Waals surface area contributed by atoms with Gasteiger partial charge in [0.2, 0.25) is 11.8 Å². The Morgan fingerprint density at radius 2 is 1.95 bits per heavy atom. The molecule has 1 aliphatic carbocycles. The molecule has 2 aliphatic rings. The SMILES string of the molecule is CCC1CC2C(=O)N(c3sccc3C(=O)O)C(=O)C2C1. The van der Waals surface area contributed by atoms with Crippen LogP contribution in [-0.2, 0) is 9.59 Å². The lowest BCUT2D eigenvalue weighted by Gasteiger charge is -2.16. The summed E-state index contributed by atoms with van der Waals surface area (Å²) in [6, 6.07) is 1.44. The Kier molecular flexibility index (Phi) is 3.12. The number of fused-ring (bicyclic) bond motifs is 1. The van der Waals surface area contributed by atoms with Gasteiger partial charge in [-0.3, -0.25) is 9.59 Å². The highest BCUT2D eigenvalue weighted by Crippen LogP contribution is 2.46. The quantitative estimate of drug-likeness (QED) is 0.868. The number of carbonyl (C=O) groups excluding carboxylic acids is 2. The fraction of sp³-hybridized carbons (Fsp3) is 0.500. The number of carbonyl (C=O) groups is 3. The molecule has 2 atom stereocenters. The van der Waals surface area contributed by atoms with Crippen molar-refractivity contribution in [3.63, 3.8) is 0 Å². The van der Waals surface area contributed by atoms with Crippen LogP contribution in [-0.4, -0.2) is 22.9 Å². The normalized spacial score (nSPS) is 29.1. The molecule has 1 aromatic rings. The summed E-state index contributed by atoms with van der Waals surface area (Å²) in [5, 5.41) is 11.0. The summed E-state index contributed by atoms with van der Waals surface area (Å²) in [7, 11) is 0. The molecule has 20 heavy (non-hydrogen) atoms. The van der Waals surface area contributed by atoms with Gasteiger partial charge in [-0.05, 0) is 30.2 Å². The summed E-state index contributed by atoms with van der Waals surface area (Å²) in [6.07, 6.45) is 2.47. The van der Waals surface area contributed by atoms with Crippen LogP contribution < -0.4 is 4.90 Å². The predicted octanol–water partition coefficient (Wildman–Crippen LogP) is 2.37. The number of amides is 2. The number of imide groups is 1. The lowest BCUT2D eigenvalue weighted by atomic mass is 10.00. The lowest BCUT2D eigenvalue weighted by molar-refractivity contribution is -0.123. The molecule has 2 amide bonds. The van der Waals surface area contributed by atoms with Gasteiger partial charge in [0.05, 0.1) is 17.4 Å². The third-order valence-corrected chi connectivity index (χ3v) is 5.29. The van der Waals surface area contributed by atoms with Crippen LogP contribution in [0.1, 0.15) is 36.5 Å². The molecule has 1 saturated heterocycles. The van der Waals surface area contributed by atoms with Gasteiger partial charge in [-0.15, -0.1) is 11.3 Å². The Labute approximate surface area is 120 Å². The first-order valence-electron chi connectivity index (χ1n) is 6.73. The highest BCUT2D eigenvalue weighted by Gasteiger charge is 2.53. The first kappa shape index (κ1) is 13.3. The van der Waals surface area contributed by atoms with Gasteiger partial charge in [0.15, 0.2) is 0 Å². The van der Waals surface area contributed by atoms with E-state index in [2.05, 4.69) is 6.92 Å². The van der Waals surface area contributed by atoms with Crippen LogP contribution in [0.25, 0.3) is 0 Å². The van der Waals surface area contributed by atoms with Crippen molar-refractivity contribution >= 4 is 34.1 Å². The minimum absolute atomic E-state index is 0.0312. The number of aromatic carboxylic acids is 1. The Morgan fingerprint density at radius 3 is 2.45 bits per heavy atom. The molecule has 3 rings (SSSR count). The summed E-state index contributed by atoms with van der Waals surface area (Å²) in [5.74, 6) is -1.62. The number of rotatable bonds is 3. The van der Waals surface area contributed by atoms with E-state index in [1.165, 1.54) is 6.07 Å². The highest BCUT2D eigenvalue weighted by atomic mass is 32.1. The van der Waals surface area contributed by atoms with E-state index in [-0.39, 0.29) is 34.2 Å². The molecule has 2 fully saturated rings. The summed E-state index contributed by atoms with van der Waals surface area (Å²) in [4.78, 5) is 37.2. The van der Waals surface area contributed by atoms with Gasteiger partial charge in [-0.25, -0.2) is 9.69 Å². The van der Waals surface area contributed by atoms with Crippen LogP contribution in [0.5, 0.6) is 0 Å². The van der Waals surface area contributed by atoms with Gasteiger partial charge in [-0.1, -0.05) is 13.3 Å². The Bertz CT molecular complexity index is 570. The standard InChI is InChI=1S/C14H15NO4S/c1-2-7-5-9-10(6-7)12(17)15(11(9)16)13-8(14(18)19)3-4-20-13/h3-4,7,9-10H,2,5-6H2,1H3,(H,18,19). The van der Waals surface area contributed by atoms with Crippen molar-refractivity contribution in [2.75, 3.05) is 4.90 Å². The van der Waals surface area contributed by atoms with E-state index in [4.69, 9.17) is 5.11 Å². The zero-order chi connectivity index (χ0) is 14.4. The van der Waals surface area contributed by atoms with E-state index < -0.39 is 5.97 Å². The summed E-state index contributed by atoms with van der Waals surface area (Å²) < 4.78 is 0. The first-order chi connectivity index (χ1) is 9.54. The van der Waals surface area contributed by atoms with Crippen molar-refractivity contribution in [2.24, 2.45) is 17.8 Å². The van der Waals surface area contributed by atoms with Gasteiger partial charge >= 0.3 is 5.97 Å². The molecular weight excluding hydrogens is 278 g/mol. The fourth-order valence-electron chi connectivity index (χ4n) is 3.30. The fourth-order valence-corrected chi connectivity index (χ4v) is 4.20. The summed E-state index contributed by atoms with van der Waals surface area (Å²) >= 11 is 1.13. The summed E-state index contributed by atoms with van der Waals surface area (Å²) in [6.45, 7) is 2.07. The van der Waals surface area contributed by atoms with Crippen molar-refractivity contribution in [3.8, 4) is 0 Å². The zero-order valence-corrected chi connectivity index (χ0v) is 11.9. The van der Waals surface area contributed by atoms with Gasteiger partial charge in [0.1, 0.15) is 5.00 Å². The van der Waals surface area contributed by atoms with Crippen LogP contribution in [0.2, 0.25) is 0 Å². The van der Waals surface area contributed by atoms with E-state index in [0.29, 0.717) is 5.92 Å². The number of thiophene rings is 1. The van der Waals surface area contributed by atoms with Crippen LogP contribution in [0.3, 0.4) is 0 Å². The molecule has 1 N–H and O–H groups in total. The van der Waals surface area contributed by atoms with E-state index in [9.17, 15) is 14.4 Å². The predicted molar refractivity (Wildman–Crippen MR) is 73.8 cm³/mol. The minimum atomic E-state index is -1.11. The monoisotopic (exact) mass is 293 g/mol. The van der Waals surface area contributed by atoms with Gasteiger partial charge in [-0.2, -0.15) is 0 Å². The average molecular weight is 293 g/mol. The molecule has 0 aromatic carbocycles. The zero-order valence-electron chi connectivity index (χ0n) is 11.0. The highest BCUT2D eigenvalue weighted by molar-refractivity contribution is 7.15. The van der Waals surface area contributed by atoms with E-state index >= 15 is 0 Å². The second-order valence-corrected chi connectivity index (χ2v) is 6.31.